The number of hydrogen-bond donors (Lipinski definition) is 0. The van der Waals surface area contributed by atoms with Crippen LogP contribution in [0.2, 0.25) is 0 Å². The van der Waals surface area contributed by atoms with Crippen molar-refractivity contribution in [3.63, 3.8) is 0 Å². The molecule has 2 heterocycles. The van der Waals surface area contributed by atoms with Crippen LogP contribution >= 0.6 is 11.3 Å². The molecule has 1 aliphatic rings. The average molecular weight is 408 g/mol. The number of thiazole rings is 1. The molecule has 0 unspecified atom stereocenters. The summed E-state index contributed by atoms with van der Waals surface area (Å²) in [5.74, 6) is 0.227. The van der Waals surface area contributed by atoms with Crippen molar-refractivity contribution in [2.24, 2.45) is 0 Å². The van der Waals surface area contributed by atoms with Crippen molar-refractivity contribution in [1.82, 2.24) is 14.8 Å². The van der Waals surface area contributed by atoms with Gasteiger partial charge in [-0.1, -0.05) is 63.2 Å². The summed E-state index contributed by atoms with van der Waals surface area (Å²) in [6, 6.07) is 14.5. The molecule has 1 aliphatic heterocycles. The Labute approximate surface area is 177 Å². The van der Waals surface area contributed by atoms with Crippen LogP contribution in [0.25, 0.3) is 10.8 Å². The summed E-state index contributed by atoms with van der Waals surface area (Å²) in [5.41, 5.74) is 2.39. The molecule has 0 aliphatic carbocycles. The number of carbonyl (C=O) groups is 1. The second-order valence-electron chi connectivity index (χ2n) is 8.85. The molecule has 0 radical (unpaired) electrons. The molecule has 0 bridgehead atoms. The molecule has 1 amide bonds. The number of rotatable bonds is 4. The molecule has 5 heteroatoms. The first-order chi connectivity index (χ1) is 13.9. The Balaban J connectivity index is 1.33. The summed E-state index contributed by atoms with van der Waals surface area (Å²) in [5, 5.41) is 5.73. The van der Waals surface area contributed by atoms with Crippen LogP contribution in [0.15, 0.2) is 47.8 Å². The van der Waals surface area contributed by atoms with Crippen LogP contribution in [0.5, 0.6) is 0 Å². The fraction of sp³-hybridized carbons (Fsp3) is 0.417. The highest BCUT2D eigenvalue weighted by Crippen LogP contribution is 2.25. The Morgan fingerprint density at radius 3 is 2.48 bits per heavy atom. The summed E-state index contributed by atoms with van der Waals surface area (Å²) >= 11 is 1.75. The SMILES string of the molecule is CC(C)(C)c1csc(CN2CCN(C(=O)Cc3cccc4ccccc34)CC2)n1. The van der Waals surface area contributed by atoms with E-state index in [9.17, 15) is 4.79 Å². The number of hydrogen-bond acceptors (Lipinski definition) is 4. The van der Waals surface area contributed by atoms with E-state index in [0.29, 0.717) is 6.42 Å². The van der Waals surface area contributed by atoms with Crippen molar-refractivity contribution in [3.8, 4) is 0 Å². The molecule has 152 valence electrons. The maximum absolute atomic E-state index is 12.9. The van der Waals surface area contributed by atoms with Gasteiger partial charge in [-0.05, 0) is 16.3 Å². The molecular weight excluding hydrogens is 378 g/mol. The van der Waals surface area contributed by atoms with Gasteiger partial charge in [0.2, 0.25) is 5.91 Å². The lowest BCUT2D eigenvalue weighted by Gasteiger charge is -2.34. The van der Waals surface area contributed by atoms with Crippen molar-refractivity contribution in [2.45, 2.75) is 39.2 Å². The number of fused-ring (bicyclic) bond motifs is 1. The first-order valence-corrected chi connectivity index (χ1v) is 11.2. The topological polar surface area (TPSA) is 36.4 Å². The number of amides is 1. The molecule has 1 aromatic heterocycles. The minimum absolute atomic E-state index is 0.0987. The largest absolute Gasteiger partial charge is 0.340 e. The minimum atomic E-state index is 0.0987. The lowest BCUT2D eigenvalue weighted by molar-refractivity contribution is -0.132. The highest BCUT2D eigenvalue weighted by atomic mass is 32.1. The van der Waals surface area contributed by atoms with Gasteiger partial charge >= 0.3 is 0 Å². The summed E-state index contributed by atoms with van der Waals surface area (Å²) in [6.07, 6.45) is 0.475. The van der Waals surface area contributed by atoms with E-state index in [1.54, 1.807) is 11.3 Å². The Morgan fingerprint density at radius 1 is 1.03 bits per heavy atom. The highest BCUT2D eigenvalue weighted by Gasteiger charge is 2.23. The van der Waals surface area contributed by atoms with Crippen LogP contribution in [0.3, 0.4) is 0 Å². The Kier molecular flexibility index (Phi) is 5.70. The maximum atomic E-state index is 12.9. The van der Waals surface area contributed by atoms with Gasteiger partial charge in [0, 0.05) is 37.0 Å². The van der Waals surface area contributed by atoms with Crippen molar-refractivity contribution >= 4 is 28.0 Å². The fourth-order valence-electron chi connectivity index (χ4n) is 3.80. The highest BCUT2D eigenvalue weighted by molar-refractivity contribution is 7.09. The maximum Gasteiger partial charge on any atom is 0.227 e. The molecular formula is C24H29N3OS. The van der Waals surface area contributed by atoms with E-state index in [2.05, 4.69) is 55.3 Å². The third-order valence-electron chi connectivity index (χ3n) is 5.63. The molecule has 3 aromatic rings. The molecule has 2 aromatic carbocycles. The smallest absolute Gasteiger partial charge is 0.227 e. The molecule has 4 nitrogen and oxygen atoms in total. The van der Waals surface area contributed by atoms with Gasteiger partial charge in [0.25, 0.3) is 0 Å². The second-order valence-corrected chi connectivity index (χ2v) is 9.79. The van der Waals surface area contributed by atoms with Crippen LogP contribution < -0.4 is 0 Å². The van der Waals surface area contributed by atoms with Crippen molar-refractivity contribution < 1.29 is 4.79 Å². The van der Waals surface area contributed by atoms with Gasteiger partial charge in [0.1, 0.15) is 5.01 Å². The van der Waals surface area contributed by atoms with Crippen LogP contribution in [-0.4, -0.2) is 46.9 Å². The van der Waals surface area contributed by atoms with Gasteiger partial charge < -0.3 is 4.90 Å². The summed E-state index contributed by atoms with van der Waals surface area (Å²) in [4.78, 5) is 22.1. The Morgan fingerprint density at radius 2 is 1.76 bits per heavy atom. The van der Waals surface area contributed by atoms with Crippen molar-refractivity contribution in [3.05, 3.63) is 64.1 Å². The van der Waals surface area contributed by atoms with Gasteiger partial charge in [0.15, 0.2) is 0 Å². The molecule has 0 atom stereocenters. The van der Waals surface area contributed by atoms with Gasteiger partial charge in [-0.3, -0.25) is 9.69 Å². The monoisotopic (exact) mass is 407 g/mol. The van der Waals surface area contributed by atoms with Crippen LogP contribution in [0, 0.1) is 0 Å². The van der Waals surface area contributed by atoms with Gasteiger partial charge in [-0.2, -0.15) is 0 Å². The van der Waals surface area contributed by atoms with Crippen LogP contribution in [0.4, 0.5) is 0 Å². The van der Waals surface area contributed by atoms with E-state index < -0.39 is 0 Å². The predicted octanol–water partition coefficient (Wildman–Crippen LogP) is 4.48. The second kappa shape index (κ2) is 8.25. The zero-order chi connectivity index (χ0) is 20.4. The molecule has 1 saturated heterocycles. The Bertz CT molecular complexity index is 991. The van der Waals surface area contributed by atoms with Crippen molar-refractivity contribution in [2.75, 3.05) is 26.2 Å². The normalized spacial score (nSPS) is 15.8. The van der Waals surface area contributed by atoms with E-state index in [1.807, 2.05) is 23.1 Å². The number of benzene rings is 2. The van der Waals surface area contributed by atoms with E-state index in [4.69, 9.17) is 4.98 Å². The summed E-state index contributed by atoms with van der Waals surface area (Å²) < 4.78 is 0. The Hall–Kier alpha value is -2.24. The summed E-state index contributed by atoms with van der Waals surface area (Å²) in [6.45, 7) is 10.9. The first-order valence-electron chi connectivity index (χ1n) is 10.3. The number of aromatic nitrogens is 1. The molecule has 4 rings (SSSR count). The van der Waals surface area contributed by atoms with Crippen molar-refractivity contribution in [1.29, 1.82) is 0 Å². The predicted molar refractivity (Wildman–Crippen MR) is 120 cm³/mol. The van der Waals surface area contributed by atoms with Gasteiger partial charge in [0.05, 0.1) is 18.7 Å². The number of piperazine rings is 1. The third-order valence-corrected chi connectivity index (χ3v) is 6.46. The third kappa shape index (κ3) is 4.68. The average Bonchev–Trinajstić information content (AvgIpc) is 3.18. The molecule has 1 fully saturated rings. The quantitative estimate of drug-likeness (QED) is 0.640. The zero-order valence-electron chi connectivity index (χ0n) is 17.5. The number of nitrogens with zero attached hydrogens (tertiary/aromatic N) is 3. The fourth-order valence-corrected chi connectivity index (χ4v) is 4.86. The van der Waals surface area contributed by atoms with E-state index in [1.165, 1.54) is 21.5 Å². The van der Waals surface area contributed by atoms with E-state index in [0.717, 1.165) is 38.3 Å². The summed E-state index contributed by atoms with van der Waals surface area (Å²) in [7, 11) is 0. The minimum Gasteiger partial charge on any atom is -0.340 e. The van der Waals surface area contributed by atoms with Gasteiger partial charge in [-0.25, -0.2) is 4.98 Å². The zero-order valence-corrected chi connectivity index (χ0v) is 18.3. The molecule has 0 N–H and O–H groups in total. The standard InChI is InChI=1S/C24H29N3OS/c1-24(2,3)21-17-29-22(25-21)16-26-11-13-27(14-12-26)23(28)15-19-9-6-8-18-7-4-5-10-20(18)19/h4-10,17H,11-16H2,1-3H3. The van der Waals surface area contributed by atoms with Gasteiger partial charge in [-0.15, -0.1) is 11.3 Å². The van der Waals surface area contributed by atoms with E-state index in [-0.39, 0.29) is 11.3 Å². The van der Waals surface area contributed by atoms with Crippen LogP contribution in [-0.2, 0) is 23.2 Å². The molecule has 0 spiro atoms. The molecule has 0 saturated carbocycles. The van der Waals surface area contributed by atoms with E-state index >= 15 is 0 Å². The lowest BCUT2D eigenvalue weighted by atomic mass is 9.93. The number of carbonyl (C=O) groups excluding carboxylic acids is 1. The first kappa shape index (κ1) is 20.0. The lowest BCUT2D eigenvalue weighted by Crippen LogP contribution is -2.48. The molecule has 29 heavy (non-hydrogen) atoms. The van der Waals surface area contributed by atoms with Crippen LogP contribution in [0.1, 0.15) is 37.0 Å².